The van der Waals surface area contributed by atoms with Gasteiger partial charge in [0, 0.05) is 6.07 Å². The number of aryl methyl sites for hydroxylation is 1. The van der Waals surface area contributed by atoms with Crippen LogP contribution in [-0.2, 0) is 10.1 Å². The molecule has 0 radical (unpaired) electrons. The van der Waals surface area contributed by atoms with Crippen molar-refractivity contribution in [3.8, 4) is 11.6 Å². The number of rotatable bonds is 4. The van der Waals surface area contributed by atoms with Crippen LogP contribution in [0.15, 0.2) is 26.3 Å². The molecule has 1 aromatic heterocycles. The third kappa shape index (κ3) is 3.40. The van der Waals surface area contributed by atoms with E-state index in [9.17, 15) is 13.2 Å². The second-order valence-corrected chi connectivity index (χ2v) is 7.23. The van der Waals surface area contributed by atoms with Crippen LogP contribution in [-0.4, -0.2) is 25.7 Å². The second-order valence-electron chi connectivity index (χ2n) is 4.90. The minimum atomic E-state index is -4.11. The van der Waals surface area contributed by atoms with Crippen LogP contribution in [0.3, 0.4) is 0 Å². The zero-order valence-corrected chi connectivity index (χ0v) is 15.3. The molecule has 0 aliphatic rings. The summed E-state index contributed by atoms with van der Waals surface area (Å²) in [6.45, 7) is 5.10. The number of hydrogen-bond donors (Lipinski definition) is 1. The van der Waals surface area contributed by atoms with E-state index < -0.39 is 15.7 Å². The number of H-pyrrole nitrogens is 1. The summed E-state index contributed by atoms with van der Waals surface area (Å²) in [7, 11) is -2.59. The summed E-state index contributed by atoms with van der Waals surface area (Å²) in [5.41, 5.74) is 1.25. The standard InChI is InChI=1S/C14H15BrN2O5S/c1-7-5-11(21-4)8(2)9(3)13(7)23(19,20)22-12-6-10(15)14(18)17-16-12/h5-6H,1-4H3,(H,17,18). The van der Waals surface area contributed by atoms with Gasteiger partial charge in [-0.25, -0.2) is 5.10 Å². The molecule has 7 nitrogen and oxygen atoms in total. The molecule has 23 heavy (non-hydrogen) atoms. The predicted molar refractivity (Wildman–Crippen MR) is 87.6 cm³/mol. The molecular weight excluding hydrogens is 388 g/mol. The van der Waals surface area contributed by atoms with Gasteiger partial charge in [-0.1, -0.05) is 0 Å². The van der Waals surface area contributed by atoms with E-state index in [-0.39, 0.29) is 15.2 Å². The van der Waals surface area contributed by atoms with Crippen LogP contribution in [0, 0.1) is 20.8 Å². The van der Waals surface area contributed by atoms with Gasteiger partial charge in [0.15, 0.2) is 0 Å². The van der Waals surface area contributed by atoms with Crippen LogP contribution in [0.2, 0.25) is 0 Å². The van der Waals surface area contributed by atoms with Gasteiger partial charge in [0.1, 0.15) is 10.6 Å². The Labute approximate surface area is 141 Å². The summed E-state index contributed by atoms with van der Waals surface area (Å²) in [6.07, 6.45) is 0. The number of methoxy groups -OCH3 is 1. The van der Waals surface area contributed by atoms with Gasteiger partial charge in [0.25, 0.3) is 11.4 Å². The first-order valence-electron chi connectivity index (χ1n) is 6.52. The molecule has 1 heterocycles. The van der Waals surface area contributed by atoms with E-state index in [0.717, 1.165) is 0 Å². The number of aromatic nitrogens is 2. The molecule has 0 aliphatic heterocycles. The average molecular weight is 403 g/mol. The Balaban J connectivity index is 2.54. The van der Waals surface area contributed by atoms with Crippen molar-refractivity contribution in [2.45, 2.75) is 25.7 Å². The van der Waals surface area contributed by atoms with Crippen LogP contribution in [0.25, 0.3) is 0 Å². The lowest BCUT2D eigenvalue weighted by molar-refractivity contribution is 0.410. The zero-order valence-electron chi connectivity index (χ0n) is 12.9. The maximum atomic E-state index is 12.6. The predicted octanol–water partition coefficient (Wildman–Crippen LogP) is 2.23. The first kappa shape index (κ1) is 17.5. The van der Waals surface area contributed by atoms with E-state index >= 15 is 0 Å². The van der Waals surface area contributed by atoms with Gasteiger partial charge in [0.2, 0.25) is 0 Å². The molecule has 0 saturated carbocycles. The number of nitrogens with zero attached hydrogens (tertiary/aromatic N) is 1. The van der Waals surface area contributed by atoms with Crippen molar-refractivity contribution in [2.75, 3.05) is 7.11 Å². The molecule has 0 spiro atoms. The van der Waals surface area contributed by atoms with Crippen LogP contribution in [0.5, 0.6) is 11.6 Å². The maximum Gasteiger partial charge on any atom is 0.341 e. The first-order valence-corrected chi connectivity index (χ1v) is 8.72. The molecule has 2 aromatic rings. The van der Waals surface area contributed by atoms with Crippen molar-refractivity contribution < 1.29 is 17.3 Å². The molecule has 9 heteroatoms. The molecule has 0 aliphatic carbocycles. The molecule has 1 N–H and O–H groups in total. The van der Waals surface area contributed by atoms with Gasteiger partial charge in [-0.15, -0.1) is 5.10 Å². The van der Waals surface area contributed by atoms with Crippen LogP contribution in [0.1, 0.15) is 16.7 Å². The number of halogens is 1. The summed E-state index contributed by atoms with van der Waals surface area (Å²) in [5, 5.41) is 5.71. The molecule has 0 saturated heterocycles. The Morgan fingerprint density at radius 3 is 2.39 bits per heavy atom. The molecule has 0 fully saturated rings. The van der Waals surface area contributed by atoms with Gasteiger partial charge < -0.3 is 8.92 Å². The summed E-state index contributed by atoms with van der Waals surface area (Å²) in [6, 6.07) is 2.83. The summed E-state index contributed by atoms with van der Waals surface area (Å²) in [4.78, 5) is 11.3. The van der Waals surface area contributed by atoms with Crippen LogP contribution >= 0.6 is 15.9 Å². The number of ether oxygens (including phenoxy) is 1. The summed E-state index contributed by atoms with van der Waals surface area (Å²) in [5.74, 6) is 0.368. The van der Waals surface area contributed by atoms with E-state index in [4.69, 9.17) is 8.92 Å². The Bertz CT molecular complexity index is 921. The average Bonchev–Trinajstić information content (AvgIpc) is 2.46. The van der Waals surface area contributed by atoms with Crippen LogP contribution < -0.4 is 14.5 Å². The molecule has 124 valence electrons. The highest BCUT2D eigenvalue weighted by atomic mass is 79.9. The highest BCUT2D eigenvalue weighted by Crippen LogP contribution is 2.31. The number of nitrogens with one attached hydrogen (secondary N) is 1. The van der Waals surface area contributed by atoms with Crippen molar-refractivity contribution >= 4 is 26.0 Å². The van der Waals surface area contributed by atoms with Crippen molar-refractivity contribution in [3.05, 3.63) is 43.6 Å². The lowest BCUT2D eigenvalue weighted by atomic mass is 10.1. The quantitative estimate of drug-likeness (QED) is 0.787. The Hall–Kier alpha value is -1.87. The minimum absolute atomic E-state index is 0.0555. The SMILES string of the molecule is COc1cc(C)c(S(=O)(=O)Oc2cc(Br)c(=O)[nH]n2)c(C)c1C. The minimum Gasteiger partial charge on any atom is -0.496 e. The highest BCUT2D eigenvalue weighted by Gasteiger charge is 2.25. The molecule has 1 aromatic carbocycles. The smallest absolute Gasteiger partial charge is 0.341 e. The number of aromatic amines is 1. The van der Waals surface area contributed by atoms with Gasteiger partial charge in [0.05, 0.1) is 11.6 Å². The topological polar surface area (TPSA) is 98.4 Å². The lowest BCUT2D eigenvalue weighted by Gasteiger charge is -2.16. The van der Waals surface area contributed by atoms with Gasteiger partial charge in [-0.3, -0.25) is 4.79 Å². The molecular formula is C14H15BrN2O5S. The third-order valence-corrected chi connectivity index (χ3v) is 5.49. The normalized spacial score (nSPS) is 11.3. The van der Waals surface area contributed by atoms with Gasteiger partial charge >= 0.3 is 10.1 Å². The summed E-state index contributed by atoms with van der Waals surface area (Å²) >= 11 is 2.99. The largest absolute Gasteiger partial charge is 0.496 e. The molecule has 2 rings (SSSR count). The molecule has 0 atom stereocenters. The zero-order chi connectivity index (χ0) is 17.4. The van der Waals surface area contributed by atoms with Crippen LogP contribution in [0.4, 0.5) is 0 Å². The fourth-order valence-corrected chi connectivity index (χ4v) is 3.84. The van der Waals surface area contributed by atoms with Gasteiger partial charge in [-0.05, 0) is 59.5 Å². The van der Waals surface area contributed by atoms with Crippen molar-refractivity contribution in [1.29, 1.82) is 0 Å². The molecule has 0 bridgehead atoms. The monoisotopic (exact) mass is 402 g/mol. The van der Waals surface area contributed by atoms with E-state index in [1.807, 2.05) is 0 Å². The lowest BCUT2D eigenvalue weighted by Crippen LogP contribution is -2.17. The molecule has 0 amide bonds. The van der Waals surface area contributed by atoms with Crippen molar-refractivity contribution in [2.24, 2.45) is 0 Å². The Kier molecular flexibility index (Phi) is 4.81. The molecule has 0 unspecified atom stereocenters. The van der Waals surface area contributed by atoms with Crippen molar-refractivity contribution in [1.82, 2.24) is 10.2 Å². The Morgan fingerprint density at radius 1 is 1.17 bits per heavy atom. The van der Waals surface area contributed by atoms with E-state index in [0.29, 0.717) is 22.4 Å². The Morgan fingerprint density at radius 2 is 1.83 bits per heavy atom. The van der Waals surface area contributed by atoms with E-state index in [2.05, 4.69) is 26.1 Å². The van der Waals surface area contributed by atoms with Crippen molar-refractivity contribution in [3.63, 3.8) is 0 Å². The fraction of sp³-hybridized carbons (Fsp3) is 0.286. The summed E-state index contributed by atoms with van der Waals surface area (Å²) < 4.78 is 35.5. The second kappa shape index (κ2) is 6.32. The van der Waals surface area contributed by atoms with Gasteiger partial charge in [-0.2, -0.15) is 8.42 Å². The first-order chi connectivity index (χ1) is 10.7. The maximum absolute atomic E-state index is 12.6. The number of benzene rings is 1. The fourth-order valence-electron chi connectivity index (χ4n) is 2.18. The van der Waals surface area contributed by atoms with E-state index in [1.165, 1.54) is 13.2 Å². The number of hydrogen-bond acceptors (Lipinski definition) is 6. The third-order valence-electron chi connectivity index (χ3n) is 3.38. The van der Waals surface area contributed by atoms with E-state index in [1.54, 1.807) is 26.8 Å². The highest BCUT2D eigenvalue weighted by molar-refractivity contribution is 9.10.